The first-order valence-corrected chi connectivity index (χ1v) is 5.70. The van der Waals surface area contributed by atoms with E-state index in [-0.39, 0.29) is 9.13 Å². The number of halogens is 4. The smallest absolute Gasteiger partial charge is 0.205 e. The molecule has 0 saturated heterocycles. The predicted molar refractivity (Wildman–Crippen MR) is 59.5 cm³/mol. The van der Waals surface area contributed by atoms with Crippen LogP contribution in [0.3, 0.4) is 0 Å². The van der Waals surface area contributed by atoms with Gasteiger partial charge in [0.25, 0.3) is 6.43 Å². The molecule has 5 heteroatoms. The lowest BCUT2D eigenvalue weighted by Gasteiger charge is -2.05. The lowest BCUT2D eigenvalue weighted by molar-refractivity contribution is 0.152. The molecule has 74 valence electrons. The molecular formula is C9H4F3IS. The van der Waals surface area contributed by atoms with Gasteiger partial charge in [0.2, 0.25) is 0 Å². The second-order valence-corrected chi connectivity index (χ2v) is 4.80. The minimum atomic E-state index is -2.56. The summed E-state index contributed by atoms with van der Waals surface area (Å²) in [6, 6.07) is 2.69. The third kappa shape index (κ3) is 1.52. The first kappa shape index (κ1) is 10.2. The van der Waals surface area contributed by atoms with E-state index in [1.54, 1.807) is 28.0 Å². The molecule has 0 radical (unpaired) electrons. The van der Waals surface area contributed by atoms with Gasteiger partial charge in [-0.3, -0.25) is 0 Å². The summed E-state index contributed by atoms with van der Waals surface area (Å²) in [4.78, 5) is 0. The van der Waals surface area contributed by atoms with Crippen molar-refractivity contribution in [2.45, 2.75) is 6.43 Å². The van der Waals surface area contributed by atoms with E-state index in [4.69, 9.17) is 0 Å². The van der Waals surface area contributed by atoms with Gasteiger partial charge in [-0.15, -0.1) is 11.3 Å². The van der Waals surface area contributed by atoms with Crippen LogP contribution in [-0.2, 0) is 0 Å². The summed E-state index contributed by atoms with van der Waals surface area (Å²) in [7, 11) is 0. The largest absolute Gasteiger partial charge is 0.265 e. The third-order valence-electron chi connectivity index (χ3n) is 1.90. The van der Waals surface area contributed by atoms with Gasteiger partial charge in [-0.1, -0.05) is 0 Å². The van der Waals surface area contributed by atoms with Crippen molar-refractivity contribution < 1.29 is 13.2 Å². The van der Waals surface area contributed by atoms with Gasteiger partial charge in [0.05, 0.1) is 4.70 Å². The molecule has 0 unspecified atom stereocenters. The number of thiophene rings is 1. The molecule has 1 aromatic carbocycles. The van der Waals surface area contributed by atoms with Crippen molar-refractivity contribution >= 4 is 44.0 Å². The molecule has 2 aromatic rings. The van der Waals surface area contributed by atoms with E-state index in [1.807, 2.05) is 0 Å². The fraction of sp³-hybridized carbons (Fsp3) is 0.111. The van der Waals surface area contributed by atoms with Crippen LogP contribution in [0.25, 0.3) is 10.1 Å². The van der Waals surface area contributed by atoms with E-state index in [1.165, 1.54) is 6.07 Å². The molecule has 0 nitrogen and oxygen atoms in total. The minimum absolute atomic E-state index is 0.0664. The summed E-state index contributed by atoms with van der Waals surface area (Å²) in [5, 5.41) is 1.95. The first-order chi connectivity index (χ1) is 6.61. The Hall–Kier alpha value is -0.300. The number of hydrogen-bond donors (Lipinski definition) is 0. The fourth-order valence-corrected chi connectivity index (χ4v) is 2.93. The van der Waals surface area contributed by atoms with Crippen molar-refractivity contribution in [3.8, 4) is 0 Å². The summed E-state index contributed by atoms with van der Waals surface area (Å²) in [6.07, 6.45) is -2.56. The van der Waals surface area contributed by atoms with Gasteiger partial charge in [-0.25, -0.2) is 13.2 Å². The fourth-order valence-electron chi connectivity index (χ4n) is 1.31. The minimum Gasteiger partial charge on any atom is -0.205 e. The molecule has 1 heterocycles. The Morgan fingerprint density at radius 1 is 1.36 bits per heavy atom. The topological polar surface area (TPSA) is 0 Å². The Labute approximate surface area is 95.9 Å². The van der Waals surface area contributed by atoms with Crippen LogP contribution in [0.2, 0.25) is 0 Å². The Bertz CT molecular complexity index is 478. The van der Waals surface area contributed by atoms with E-state index >= 15 is 0 Å². The van der Waals surface area contributed by atoms with Crippen molar-refractivity contribution in [3.63, 3.8) is 0 Å². The van der Waals surface area contributed by atoms with E-state index in [9.17, 15) is 13.2 Å². The molecule has 0 spiro atoms. The van der Waals surface area contributed by atoms with Gasteiger partial charge in [0.15, 0.2) is 0 Å². The zero-order valence-corrected chi connectivity index (χ0v) is 9.70. The average molecular weight is 328 g/mol. The molecule has 0 atom stereocenters. The second kappa shape index (κ2) is 3.69. The summed E-state index contributed by atoms with van der Waals surface area (Å²) >= 11 is 2.87. The van der Waals surface area contributed by atoms with Crippen LogP contribution in [-0.4, -0.2) is 0 Å². The van der Waals surface area contributed by atoms with Crippen molar-refractivity contribution in [1.29, 1.82) is 0 Å². The van der Waals surface area contributed by atoms with Crippen LogP contribution >= 0.6 is 33.9 Å². The second-order valence-electron chi connectivity index (χ2n) is 2.72. The molecule has 14 heavy (non-hydrogen) atoms. The highest BCUT2D eigenvalue weighted by Crippen LogP contribution is 2.36. The predicted octanol–water partition coefficient (Wildman–Crippen LogP) is 4.58. The van der Waals surface area contributed by atoms with E-state index in [0.717, 1.165) is 17.4 Å². The van der Waals surface area contributed by atoms with Gasteiger partial charge in [-0.2, -0.15) is 0 Å². The van der Waals surface area contributed by atoms with E-state index < -0.39 is 12.2 Å². The maximum absolute atomic E-state index is 13.3. The van der Waals surface area contributed by atoms with Gasteiger partial charge >= 0.3 is 0 Å². The molecule has 0 N–H and O–H groups in total. The lowest BCUT2D eigenvalue weighted by Crippen LogP contribution is -1.91. The van der Waals surface area contributed by atoms with Gasteiger partial charge < -0.3 is 0 Å². The molecule has 0 aliphatic carbocycles. The molecule has 2 rings (SSSR count). The van der Waals surface area contributed by atoms with Crippen LogP contribution in [0.5, 0.6) is 0 Å². The van der Waals surface area contributed by atoms with Crippen molar-refractivity contribution in [2.75, 3.05) is 0 Å². The van der Waals surface area contributed by atoms with E-state index in [2.05, 4.69) is 0 Å². The number of alkyl halides is 2. The lowest BCUT2D eigenvalue weighted by atomic mass is 10.1. The Morgan fingerprint density at radius 3 is 2.71 bits per heavy atom. The van der Waals surface area contributed by atoms with Gasteiger partial charge in [0.1, 0.15) is 5.82 Å². The maximum Gasteiger partial charge on any atom is 0.265 e. The van der Waals surface area contributed by atoms with Crippen molar-refractivity contribution in [1.82, 2.24) is 0 Å². The molecule has 1 aromatic heterocycles. The van der Waals surface area contributed by atoms with Crippen LogP contribution in [0.4, 0.5) is 13.2 Å². The first-order valence-electron chi connectivity index (χ1n) is 3.74. The zero-order chi connectivity index (χ0) is 10.3. The standard InChI is InChI=1S/C9H4F3IS/c10-5-3-6(13)7(9(11)12)4-1-2-14-8(4)5/h1-3,9H. The number of fused-ring (bicyclic) bond motifs is 1. The molecule has 0 fully saturated rings. The monoisotopic (exact) mass is 328 g/mol. The Balaban J connectivity index is 2.86. The summed E-state index contributed by atoms with van der Waals surface area (Å²) in [5.41, 5.74) is -0.0664. The molecule has 0 bridgehead atoms. The zero-order valence-electron chi connectivity index (χ0n) is 6.73. The third-order valence-corrected chi connectivity index (χ3v) is 3.72. The summed E-state index contributed by atoms with van der Waals surface area (Å²) in [5.74, 6) is -0.427. The van der Waals surface area contributed by atoms with E-state index in [0.29, 0.717) is 10.1 Å². The molecule has 0 aliphatic rings. The quantitative estimate of drug-likeness (QED) is 0.672. The van der Waals surface area contributed by atoms with Crippen LogP contribution in [0.1, 0.15) is 12.0 Å². The van der Waals surface area contributed by atoms with Gasteiger partial charge in [-0.05, 0) is 40.1 Å². The molecular weight excluding hydrogens is 324 g/mol. The van der Waals surface area contributed by atoms with Crippen molar-refractivity contribution in [2.24, 2.45) is 0 Å². The van der Waals surface area contributed by atoms with Gasteiger partial charge in [0, 0.05) is 14.5 Å². The molecule has 0 aliphatic heterocycles. The highest BCUT2D eigenvalue weighted by atomic mass is 127. The van der Waals surface area contributed by atoms with Crippen LogP contribution in [0, 0.1) is 9.39 Å². The summed E-state index contributed by atoms with van der Waals surface area (Å²) in [6.45, 7) is 0. The number of hydrogen-bond acceptors (Lipinski definition) is 1. The van der Waals surface area contributed by atoms with Crippen molar-refractivity contribution in [3.05, 3.63) is 32.5 Å². The highest BCUT2D eigenvalue weighted by molar-refractivity contribution is 14.1. The molecule has 0 amide bonds. The maximum atomic E-state index is 13.3. The normalized spacial score (nSPS) is 11.5. The Morgan fingerprint density at radius 2 is 2.07 bits per heavy atom. The number of benzene rings is 1. The van der Waals surface area contributed by atoms with Crippen LogP contribution in [0.15, 0.2) is 17.5 Å². The number of rotatable bonds is 1. The SMILES string of the molecule is Fc1cc(I)c(C(F)F)c2ccsc12. The van der Waals surface area contributed by atoms with Crippen LogP contribution < -0.4 is 0 Å². The Kier molecular flexibility index (Phi) is 2.70. The summed E-state index contributed by atoms with van der Waals surface area (Å²) < 4.78 is 39.2. The highest BCUT2D eigenvalue weighted by Gasteiger charge is 2.18. The molecule has 0 saturated carbocycles. The average Bonchev–Trinajstić information content (AvgIpc) is 2.51.